The van der Waals surface area contributed by atoms with Gasteiger partial charge >= 0.3 is 6.18 Å². The van der Waals surface area contributed by atoms with Crippen LogP contribution in [0.2, 0.25) is 0 Å². The van der Waals surface area contributed by atoms with Crippen LogP contribution >= 0.6 is 0 Å². The number of aromatic amines is 1. The Morgan fingerprint density at radius 2 is 1.73 bits per heavy atom. The van der Waals surface area contributed by atoms with E-state index in [0.717, 1.165) is 61.4 Å². The van der Waals surface area contributed by atoms with Crippen molar-refractivity contribution in [2.75, 3.05) is 50.2 Å². The summed E-state index contributed by atoms with van der Waals surface area (Å²) in [7, 11) is 3.75. The third-order valence-electron chi connectivity index (χ3n) is 8.39. The van der Waals surface area contributed by atoms with Crippen LogP contribution in [-0.2, 0) is 10.9 Å². The molecule has 1 aliphatic carbocycles. The van der Waals surface area contributed by atoms with Gasteiger partial charge in [0.25, 0.3) is 0 Å². The lowest BCUT2D eigenvalue weighted by Crippen LogP contribution is -2.44. The van der Waals surface area contributed by atoms with Crippen LogP contribution in [0.3, 0.4) is 0 Å². The molecule has 9 heteroatoms. The lowest BCUT2D eigenvalue weighted by Gasteiger charge is -2.44. The maximum atomic E-state index is 13.5. The number of imidazole rings is 1. The smallest absolute Gasteiger partial charge is 0.384 e. The largest absolute Gasteiger partial charge is 0.416 e. The minimum absolute atomic E-state index is 0.0592. The lowest BCUT2D eigenvalue weighted by atomic mass is 9.69. The van der Waals surface area contributed by atoms with Crippen molar-refractivity contribution in [3.63, 3.8) is 0 Å². The maximum absolute atomic E-state index is 13.5. The van der Waals surface area contributed by atoms with E-state index in [2.05, 4.69) is 39.0 Å². The van der Waals surface area contributed by atoms with Gasteiger partial charge in [-0.05, 0) is 68.1 Å². The molecule has 210 valence electrons. The summed E-state index contributed by atoms with van der Waals surface area (Å²) in [5, 5.41) is 0. The summed E-state index contributed by atoms with van der Waals surface area (Å²) in [5.41, 5.74) is 4.45. The molecule has 0 amide bonds. The average molecular weight is 550 g/mol. The highest BCUT2D eigenvalue weighted by Crippen LogP contribution is 2.43. The zero-order chi connectivity index (χ0) is 27.9. The molecule has 1 N–H and O–H groups in total. The van der Waals surface area contributed by atoms with Crippen molar-refractivity contribution in [2.45, 2.75) is 38.3 Å². The Kier molecular flexibility index (Phi) is 6.94. The normalized spacial score (nSPS) is 16.9. The van der Waals surface area contributed by atoms with E-state index in [0.29, 0.717) is 29.3 Å². The van der Waals surface area contributed by atoms with Crippen molar-refractivity contribution >= 4 is 22.5 Å². The molecule has 0 atom stereocenters. The zero-order valence-corrected chi connectivity index (χ0v) is 22.9. The first-order valence-electron chi connectivity index (χ1n) is 13.9. The number of aromatic nitrogens is 3. The standard InChI is InChI=1S/C31H34F3N5O/c1-38(19-30(20-40-2)13-6-14-30)26-18-25(22-7-5-8-23(17-22)31(32,33)34)35-29-27(26)36-28(37-29)21-9-11-24(12-10-21)39-15-3-4-16-39/h5,7-12,17-18H,3-4,6,13-16,19-20H2,1-2H3,(H,35,36,37). The molecule has 0 spiro atoms. The Labute approximate surface area is 232 Å². The Bertz CT molecular complexity index is 1490. The number of methoxy groups -OCH3 is 1. The minimum atomic E-state index is -4.43. The number of benzene rings is 2. The molecule has 3 heterocycles. The average Bonchev–Trinajstić information content (AvgIpc) is 3.61. The summed E-state index contributed by atoms with van der Waals surface area (Å²) in [6, 6.07) is 15.5. The van der Waals surface area contributed by atoms with Gasteiger partial charge in [0.1, 0.15) is 11.3 Å². The molecule has 6 rings (SSSR count). The Hall–Kier alpha value is -3.59. The number of fused-ring (bicyclic) bond motifs is 1. The quantitative estimate of drug-likeness (QED) is 0.253. The summed E-state index contributed by atoms with van der Waals surface area (Å²) in [4.78, 5) is 17.6. The molecular formula is C31H34F3N5O. The minimum Gasteiger partial charge on any atom is -0.384 e. The predicted molar refractivity (Wildman–Crippen MR) is 153 cm³/mol. The number of rotatable bonds is 8. The number of anilines is 2. The van der Waals surface area contributed by atoms with Crippen molar-refractivity contribution in [3.05, 3.63) is 60.2 Å². The number of H-pyrrole nitrogens is 1. The molecule has 2 aliphatic rings. The van der Waals surface area contributed by atoms with Crippen LogP contribution in [0.15, 0.2) is 54.6 Å². The molecule has 2 aromatic carbocycles. The first-order valence-corrected chi connectivity index (χ1v) is 13.9. The fraction of sp³-hybridized carbons (Fsp3) is 0.419. The summed E-state index contributed by atoms with van der Waals surface area (Å²) in [6.45, 7) is 3.59. The molecule has 2 fully saturated rings. The second-order valence-electron chi connectivity index (χ2n) is 11.3. The number of alkyl halides is 3. The number of nitrogens with zero attached hydrogens (tertiary/aromatic N) is 4. The van der Waals surface area contributed by atoms with Crippen molar-refractivity contribution < 1.29 is 17.9 Å². The number of ether oxygens (including phenoxy) is 1. The fourth-order valence-corrected chi connectivity index (χ4v) is 6.14. The van der Waals surface area contributed by atoms with Crippen LogP contribution in [0.1, 0.15) is 37.7 Å². The highest BCUT2D eigenvalue weighted by Gasteiger charge is 2.38. The van der Waals surface area contributed by atoms with Gasteiger partial charge in [-0.1, -0.05) is 18.6 Å². The Morgan fingerprint density at radius 3 is 2.38 bits per heavy atom. The maximum Gasteiger partial charge on any atom is 0.416 e. The van der Waals surface area contributed by atoms with E-state index in [9.17, 15) is 13.2 Å². The van der Waals surface area contributed by atoms with E-state index in [-0.39, 0.29) is 5.41 Å². The summed E-state index contributed by atoms with van der Waals surface area (Å²) in [5.74, 6) is 0.682. The van der Waals surface area contributed by atoms with E-state index < -0.39 is 11.7 Å². The zero-order valence-electron chi connectivity index (χ0n) is 22.9. The second kappa shape index (κ2) is 10.4. The number of hydrogen-bond donors (Lipinski definition) is 1. The van der Waals surface area contributed by atoms with E-state index in [1.165, 1.54) is 31.0 Å². The van der Waals surface area contributed by atoms with Crippen LogP contribution in [0, 0.1) is 5.41 Å². The fourth-order valence-electron chi connectivity index (χ4n) is 6.14. The van der Waals surface area contributed by atoms with Gasteiger partial charge in [-0.25, -0.2) is 9.97 Å². The summed E-state index contributed by atoms with van der Waals surface area (Å²) < 4.78 is 46.1. The molecule has 40 heavy (non-hydrogen) atoms. The molecule has 6 nitrogen and oxygen atoms in total. The molecule has 1 saturated heterocycles. The lowest BCUT2D eigenvalue weighted by molar-refractivity contribution is -0.137. The number of pyridine rings is 1. The number of hydrogen-bond acceptors (Lipinski definition) is 5. The molecule has 1 saturated carbocycles. The molecule has 0 unspecified atom stereocenters. The number of nitrogens with one attached hydrogen (secondary N) is 1. The van der Waals surface area contributed by atoms with Crippen molar-refractivity contribution in [1.82, 2.24) is 15.0 Å². The van der Waals surface area contributed by atoms with E-state index in [1.807, 2.05) is 13.1 Å². The molecule has 1 aliphatic heterocycles. The van der Waals surface area contributed by atoms with E-state index in [1.54, 1.807) is 13.2 Å². The SMILES string of the molecule is COCC1(CN(C)c2cc(-c3cccc(C(F)(F)F)c3)nc3nc(-c4ccc(N5CCCC5)cc4)[nH]c23)CCC1. The first-order chi connectivity index (χ1) is 19.2. The van der Waals surface area contributed by atoms with Crippen LogP contribution in [0.5, 0.6) is 0 Å². The highest BCUT2D eigenvalue weighted by molar-refractivity contribution is 5.91. The predicted octanol–water partition coefficient (Wildman–Crippen LogP) is 7.16. The summed E-state index contributed by atoms with van der Waals surface area (Å²) in [6.07, 6.45) is 1.33. The topological polar surface area (TPSA) is 57.3 Å². The monoisotopic (exact) mass is 549 g/mol. The van der Waals surface area contributed by atoms with Crippen molar-refractivity contribution in [1.29, 1.82) is 0 Å². The van der Waals surface area contributed by atoms with Gasteiger partial charge in [-0.15, -0.1) is 0 Å². The molecule has 0 radical (unpaired) electrons. The Morgan fingerprint density at radius 1 is 0.975 bits per heavy atom. The van der Waals surface area contributed by atoms with Crippen LogP contribution < -0.4 is 9.80 Å². The molecule has 4 aromatic rings. The van der Waals surface area contributed by atoms with Crippen LogP contribution in [0.4, 0.5) is 24.5 Å². The van der Waals surface area contributed by atoms with Gasteiger partial charge in [-0.3, -0.25) is 0 Å². The highest BCUT2D eigenvalue weighted by atomic mass is 19.4. The van der Waals surface area contributed by atoms with Crippen LogP contribution in [-0.4, -0.2) is 55.4 Å². The van der Waals surface area contributed by atoms with Gasteiger partial charge in [0, 0.05) is 56.0 Å². The van der Waals surface area contributed by atoms with Crippen molar-refractivity contribution in [2.24, 2.45) is 5.41 Å². The Balaban J connectivity index is 1.41. The molecule has 2 aromatic heterocycles. The third kappa shape index (κ3) is 5.14. The molecule has 0 bridgehead atoms. The first kappa shape index (κ1) is 26.6. The van der Waals surface area contributed by atoms with Gasteiger partial charge in [0.2, 0.25) is 0 Å². The van der Waals surface area contributed by atoms with Gasteiger partial charge < -0.3 is 19.5 Å². The molecular weight excluding hydrogens is 515 g/mol. The second-order valence-corrected chi connectivity index (χ2v) is 11.3. The van der Waals surface area contributed by atoms with Crippen molar-refractivity contribution in [3.8, 4) is 22.6 Å². The van der Waals surface area contributed by atoms with Gasteiger partial charge in [-0.2, -0.15) is 13.2 Å². The van der Waals surface area contributed by atoms with Gasteiger partial charge in [0.05, 0.1) is 23.6 Å². The number of halogens is 3. The van der Waals surface area contributed by atoms with E-state index >= 15 is 0 Å². The summed E-state index contributed by atoms with van der Waals surface area (Å²) >= 11 is 0. The van der Waals surface area contributed by atoms with Gasteiger partial charge in [0.15, 0.2) is 5.65 Å². The van der Waals surface area contributed by atoms with E-state index in [4.69, 9.17) is 14.7 Å². The van der Waals surface area contributed by atoms with Crippen LogP contribution in [0.25, 0.3) is 33.8 Å². The third-order valence-corrected chi connectivity index (χ3v) is 8.39.